The van der Waals surface area contributed by atoms with Crippen molar-refractivity contribution < 1.29 is 4.79 Å². The van der Waals surface area contributed by atoms with Crippen LogP contribution in [0.2, 0.25) is 5.28 Å². The summed E-state index contributed by atoms with van der Waals surface area (Å²) in [5, 5.41) is 3.21. The number of anilines is 1. The zero-order valence-electron chi connectivity index (χ0n) is 9.50. The van der Waals surface area contributed by atoms with E-state index in [2.05, 4.69) is 20.3 Å². The first-order chi connectivity index (χ1) is 9.22. The molecule has 3 rings (SSSR count). The van der Waals surface area contributed by atoms with Crippen LogP contribution in [0.3, 0.4) is 0 Å². The molecule has 0 spiro atoms. The Morgan fingerprint density at radius 2 is 1.95 bits per heavy atom. The molecule has 2 heterocycles. The molecule has 3 aromatic rings. The van der Waals surface area contributed by atoms with Gasteiger partial charge in [-0.3, -0.25) is 4.79 Å². The molecule has 7 heteroatoms. The first kappa shape index (κ1) is 12.0. The fourth-order valence-electron chi connectivity index (χ4n) is 1.53. The lowest BCUT2D eigenvalue weighted by Crippen LogP contribution is -2.11. The summed E-state index contributed by atoms with van der Waals surface area (Å²) in [5.41, 5.74) is 1.29. The van der Waals surface area contributed by atoms with Gasteiger partial charge in [0.15, 0.2) is 5.01 Å². The lowest BCUT2D eigenvalue weighted by Gasteiger charge is -2.00. The van der Waals surface area contributed by atoms with Gasteiger partial charge in [-0.25, -0.2) is 15.0 Å². The number of amides is 1. The quantitative estimate of drug-likeness (QED) is 0.737. The highest BCUT2D eigenvalue weighted by Gasteiger charge is 2.12. The highest BCUT2D eigenvalue weighted by molar-refractivity contribution is 7.20. The standard InChI is InChI=1S/C12H7ClN4OS/c13-12-14-5-7(6-15-12)16-10(18)11-17-8-3-1-2-4-9(8)19-11/h1-6H,(H,16,18). The average molecular weight is 291 g/mol. The molecule has 1 aromatic carbocycles. The summed E-state index contributed by atoms with van der Waals surface area (Å²) in [5.74, 6) is -0.285. The summed E-state index contributed by atoms with van der Waals surface area (Å²) in [4.78, 5) is 23.9. The summed E-state index contributed by atoms with van der Waals surface area (Å²) in [6.07, 6.45) is 2.89. The van der Waals surface area contributed by atoms with Crippen LogP contribution in [0.15, 0.2) is 36.7 Å². The summed E-state index contributed by atoms with van der Waals surface area (Å²) in [7, 11) is 0. The van der Waals surface area contributed by atoms with E-state index in [0.717, 1.165) is 10.2 Å². The Kier molecular flexibility index (Phi) is 3.10. The predicted octanol–water partition coefficient (Wildman–Crippen LogP) is 2.99. The zero-order chi connectivity index (χ0) is 13.2. The van der Waals surface area contributed by atoms with E-state index in [1.807, 2.05) is 24.3 Å². The Morgan fingerprint density at radius 1 is 1.21 bits per heavy atom. The molecule has 0 saturated carbocycles. The van der Waals surface area contributed by atoms with Gasteiger partial charge in [-0.05, 0) is 23.7 Å². The van der Waals surface area contributed by atoms with Crippen molar-refractivity contribution in [2.75, 3.05) is 5.32 Å². The molecule has 0 saturated heterocycles. The van der Waals surface area contributed by atoms with Crippen LogP contribution in [0.25, 0.3) is 10.2 Å². The highest BCUT2D eigenvalue weighted by Crippen LogP contribution is 2.22. The molecule has 19 heavy (non-hydrogen) atoms. The van der Waals surface area contributed by atoms with Gasteiger partial charge in [0.25, 0.3) is 5.91 Å². The van der Waals surface area contributed by atoms with Crippen LogP contribution in [0.1, 0.15) is 9.80 Å². The number of aromatic nitrogens is 3. The summed E-state index contributed by atoms with van der Waals surface area (Å²) >= 11 is 6.91. The minimum absolute atomic E-state index is 0.137. The second-order valence-electron chi connectivity index (χ2n) is 3.68. The van der Waals surface area contributed by atoms with Gasteiger partial charge in [0.05, 0.1) is 28.3 Å². The number of carbonyl (C=O) groups is 1. The van der Waals surface area contributed by atoms with Gasteiger partial charge >= 0.3 is 0 Å². The molecular formula is C12H7ClN4OS. The van der Waals surface area contributed by atoms with Crippen LogP contribution in [0.4, 0.5) is 5.69 Å². The molecule has 1 N–H and O–H groups in total. The second kappa shape index (κ2) is 4.91. The molecule has 0 radical (unpaired) electrons. The Hall–Kier alpha value is -2.05. The summed E-state index contributed by atoms with van der Waals surface area (Å²) in [6.45, 7) is 0. The Morgan fingerprint density at radius 3 is 2.68 bits per heavy atom. The van der Waals surface area contributed by atoms with E-state index in [1.54, 1.807) is 0 Å². The summed E-state index contributed by atoms with van der Waals surface area (Å²) < 4.78 is 0.972. The molecule has 0 aliphatic heterocycles. The van der Waals surface area contributed by atoms with Crippen LogP contribution >= 0.6 is 22.9 Å². The number of nitrogens with zero attached hydrogens (tertiary/aromatic N) is 3. The Balaban J connectivity index is 1.85. The lowest BCUT2D eigenvalue weighted by atomic mass is 10.3. The molecular weight excluding hydrogens is 284 g/mol. The van der Waals surface area contributed by atoms with Crippen molar-refractivity contribution in [2.24, 2.45) is 0 Å². The third-order valence-electron chi connectivity index (χ3n) is 2.37. The molecule has 2 aromatic heterocycles. The second-order valence-corrected chi connectivity index (χ2v) is 5.05. The molecule has 1 amide bonds. The van der Waals surface area contributed by atoms with Crippen LogP contribution in [0, 0.1) is 0 Å². The number of benzene rings is 1. The van der Waals surface area contributed by atoms with E-state index in [-0.39, 0.29) is 11.2 Å². The fourth-order valence-corrected chi connectivity index (χ4v) is 2.49. The zero-order valence-corrected chi connectivity index (χ0v) is 11.1. The van der Waals surface area contributed by atoms with Gasteiger partial charge in [0.2, 0.25) is 5.28 Å². The monoisotopic (exact) mass is 290 g/mol. The molecule has 0 fully saturated rings. The number of hydrogen-bond acceptors (Lipinski definition) is 5. The number of thiazole rings is 1. The normalized spacial score (nSPS) is 10.6. The van der Waals surface area contributed by atoms with Gasteiger partial charge in [-0.15, -0.1) is 11.3 Å². The Labute approximate surface area is 117 Å². The van der Waals surface area contributed by atoms with Crippen LogP contribution < -0.4 is 5.32 Å². The number of carbonyl (C=O) groups excluding carboxylic acids is 1. The smallest absolute Gasteiger partial charge is 0.284 e. The number of fused-ring (bicyclic) bond motifs is 1. The molecule has 94 valence electrons. The lowest BCUT2D eigenvalue weighted by molar-refractivity contribution is 0.102. The first-order valence-electron chi connectivity index (χ1n) is 5.37. The van der Waals surface area contributed by atoms with Crippen molar-refractivity contribution in [1.82, 2.24) is 15.0 Å². The third kappa shape index (κ3) is 2.54. The predicted molar refractivity (Wildman–Crippen MR) is 74.6 cm³/mol. The van der Waals surface area contributed by atoms with Gasteiger partial charge in [-0.1, -0.05) is 12.1 Å². The van der Waals surface area contributed by atoms with Crippen LogP contribution in [0.5, 0.6) is 0 Å². The van der Waals surface area contributed by atoms with Crippen molar-refractivity contribution in [3.8, 4) is 0 Å². The van der Waals surface area contributed by atoms with Crippen LogP contribution in [-0.2, 0) is 0 Å². The number of nitrogens with one attached hydrogen (secondary N) is 1. The molecule has 0 aliphatic rings. The Bertz CT molecular complexity index is 708. The molecule has 0 atom stereocenters. The maximum absolute atomic E-state index is 12.0. The fraction of sp³-hybridized carbons (Fsp3) is 0. The summed E-state index contributed by atoms with van der Waals surface area (Å²) in [6, 6.07) is 7.59. The molecule has 0 aliphatic carbocycles. The maximum Gasteiger partial charge on any atom is 0.284 e. The van der Waals surface area contributed by atoms with E-state index < -0.39 is 0 Å². The minimum Gasteiger partial charge on any atom is -0.317 e. The SMILES string of the molecule is O=C(Nc1cnc(Cl)nc1)c1nc2ccccc2s1. The van der Waals surface area contributed by atoms with Gasteiger partial charge < -0.3 is 5.32 Å². The van der Waals surface area contributed by atoms with E-state index in [4.69, 9.17) is 11.6 Å². The topological polar surface area (TPSA) is 67.8 Å². The minimum atomic E-state index is -0.285. The number of rotatable bonds is 2. The van der Waals surface area contributed by atoms with E-state index in [9.17, 15) is 4.79 Å². The number of para-hydroxylation sites is 1. The van der Waals surface area contributed by atoms with E-state index in [0.29, 0.717) is 10.7 Å². The van der Waals surface area contributed by atoms with Gasteiger partial charge in [0.1, 0.15) is 0 Å². The maximum atomic E-state index is 12.0. The van der Waals surface area contributed by atoms with Crippen molar-refractivity contribution in [2.45, 2.75) is 0 Å². The van der Waals surface area contributed by atoms with E-state index >= 15 is 0 Å². The number of hydrogen-bond donors (Lipinski definition) is 1. The average Bonchev–Trinajstić information content (AvgIpc) is 2.85. The molecule has 5 nitrogen and oxygen atoms in total. The van der Waals surface area contributed by atoms with Gasteiger partial charge in [0, 0.05) is 0 Å². The molecule has 0 bridgehead atoms. The van der Waals surface area contributed by atoms with Gasteiger partial charge in [-0.2, -0.15) is 0 Å². The van der Waals surface area contributed by atoms with E-state index in [1.165, 1.54) is 23.7 Å². The first-order valence-corrected chi connectivity index (χ1v) is 6.56. The van der Waals surface area contributed by atoms with Crippen molar-refractivity contribution in [1.29, 1.82) is 0 Å². The largest absolute Gasteiger partial charge is 0.317 e. The third-order valence-corrected chi connectivity index (χ3v) is 3.60. The van der Waals surface area contributed by atoms with Crippen molar-refractivity contribution in [3.05, 3.63) is 47.0 Å². The number of halogens is 1. The van der Waals surface area contributed by atoms with Crippen molar-refractivity contribution in [3.63, 3.8) is 0 Å². The molecule has 0 unspecified atom stereocenters. The van der Waals surface area contributed by atoms with Crippen molar-refractivity contribution >= 4 is 44.7 Å². The highest BCUT2D eigenvalue weighted by atomic mass is 35.5. The van der Waals surface area contributed by atoms with Crippen LogP contribution in [-0.4, -0.2) is 20.9 Å².